The molecular formula is C110H76Br3Cl4LiMgN16O4P5+. The van der Waals surface area contributed by atoms with Crippen LogP contribution in [0.4, 0.5) is 0 Å². The molecule has 0 atom stereocenters. The van der Waals surface area contributed by atoms with E-state index in [9.17, 15) is 30.2 Å². The number of rotatable bonds is 17. The van der Waals surface area contributed by atoms with Crippen LogP contribution in [0.1, 0.15) is 65.3 Å². The van der Waals surface area contributed by atoms with E-state index in [2.05, 4.69) is 72.1 Å². The van der Waals surface area contributed by atoms with E-state index in [0.717, 1.165) is 35.7 Å². The van der Waals surface area contributed by atoms with Crippen molar-refractivity contribution in [2.75, 3.05) is 14.1 Å². The van der Waals surface area contributed by atoms with Gasteiger partial charge in [-0.05, 0) is 257 Å². The van der Waals surface area contributed by atoms with Gasteiger partial charge in [-0.2, -0.15) is 61.2 Å². The molecule has 34 heteroatoms. The van der Waals surface area contributed by atoms with Crippen molar-refractivity contribution in [2.24, 2.45) is 0 Å². The molecule has 0 N–H and O–H groups in total. The first-order valence-corrected chi connectivity index (χ1v) is 53.5. The molecule has 17 aromatic rings. The third kappa shape index (κ3) is 32.4. The molecular weight excluding hydrogens is 2180 g/mol. The fraction of sp³-hybridized carbons (Fsp3) is 0.0364. The maximum absolute atomic E-state index is 15.2. The molecule has 0 radical (unpaired) electrons. The molecule has 20 nitrogen and oxygen atoms in total. The molecule has 17 rings (SSSR count). The van der Waals surface area contributed by atoms with Gasteiger partial charge in [-0.1, -0.05) is 213 Å². The standard InChI is InChI=1S/C49H29N7O2P2.C21H13Br2N3.2C14H8N2OP.C7H4BrN.C3H7.C2H6Cl2NP.2ClH.Li.Mg.H/c50-30-34-6-18-41(19-7-34)59(57,42-20-8-35(31-51)9-21-42)45-26-14-39(15-27-45)48-54-47(38-4-2-1-3-5-38)55-49(56-48)40-16-28-46(29-17-40)60(58,43-22-10-36(32-52)11-23-43)44-24-12-37(33-53)13-25-44;22-17-10-6-15(7-11-17)20-24-19(14-4-2-1-3-5-14)25-21(26-20)16-8-12-18(23)13-9-16;2*15-9-11-1-5-13(6-2-11)18(17)14-7-3-12(10-16)4-8-14;8-7-3-1-6(5-9)2-4-7;1-3-2;1-5(2)6(3)4;;;;;/h1-29H;1-13H;2*1-8H;1-4H;3H,1-2H3;1-2H3;2*1H;;;/q;;2*+1;;-1;;;;+1;+2;-1/p-2. The molecule has 2 heterocycles. The van der Waals surface area contributed by atoms with Gasteiger partial charge < -0.3 is 41.8 Å². The molecule has 0 spiro atoms. The minimum Gasteiger partial charge on any atom is -1.00 e. The summed E-state index contributed by atoms with van der Waals surface area (Å²) in [6.07, 6.45) is 2.00. The third-order valence-electron chi connectivity index (χ3n) is 20.2. The van der Waals surface area contributed by atoms with Crippen molar-refractivity contribution in [1.82, 2.24) is 34.6 Å². The first-order chi connectivity index (χ1) is 67.8. The summed E-state index contributed by atoms with van der Waals surface area (Å²) in [5.41, 5.74) is 9.58. The van der Waals surface area contributed by atoms with Crippen LogP contribution in [0.5, 0.6) is 0 Å². The number of aromatic nitrogens is 6. The first kappa shape index (κ1) is 118. The molecule has 0 saturated carbocycles. The minimum absolute atomic E-state index is 0. The van der Waals surface area contributed by atoms with E-state index in [1.54, 1.807) is 235 Å². The number of halogens is 7. The summed E-state index contributed by atoms with van der Waals surface area (Å²) >= 11 is 20.9. The van der Waals surface area contributed by atoms with E-state index in [-0.39, 0.29) is 68.2 Å². The fourth-order valence-corrected chi connectivity index (χ4v) is 21.2. The Balaban J connectivity index is 0.000000310. The van der Waals surface area contributed by atoms with E-state index in [4.69, 9.17) is 78.7 Å². The molecule has 696 valence electrons. The zero-order valence-corrected chi connectivity index (χ0v) is 90.9. The Labute approximate surface area is 916 Å². The van der Waals surface area contributed by atoms with Crippen molar-refractivity contribution in [3.05, 3.63) is 446 Å². The van der Waals surface area contributed by atoms with Gasteiger partial charge in [0, 0.05) is 78.6 Å². The van der Waals surface area contributed by atoms with Crippen molar-refractivity contribution in [3.8, 4) is 123 Å². The number of hydrogen-bond acceptors (Lipinski definition) is 20. The smallest absolute Gasteiger partial charge is 1.00 e. The monoisotopic (exact) mass is 2250 g/mol. The zero-order valence-electron chi connectivity index (χ0n) is 78.3. The Hall–Kier alpha value is -13.3. The second-order valence-electron chi connectivity index (χ2n) is 29.8. The van der Waals surface area contributed by atoms with Crippen molar-refractivity contribution in [1.29, 1.82) is 47.4 Å². The zero-order chi connectivity index (χ0) is 100. The van der Waals surface area contributed by atoms with Gasteiger partial charge in [0.25, 0.3) is 0 Å². The number of nitrogens with zero attached hydrogens (tertiary/aromatic N) is 16. The molecule has 2 aromatic heterocycles. The van der Waals surface area contributed by atoms with Crippen LogP contribution in [0, 0.1) is 108 Å². The van der Waals surface area contributed by atoms with Gasteiger partial charge in [-0.25, -0.2) is 29.9 Å². The molecule has 0 saturated heterocycles. The van der Waals surface area contributed by atoms with Crippen LogP contribution in [0.3, 0.4) is 0 Å². The van der Waals surface area contributed by atoms with E-state index >= 15 is 9.13 Å². The van der Waals surface area contributed by atoms with Crippen LogP contribution in [0.15, 0.2) is 390 Å². The second kappa shape index (κ2) is 59.1. The van der Waals surface area contributed by atoms with Gasteiger partial charge >= 0.3 is 57.5 Å². The van der Waals surface area contributed by atoms with Gasteiger partial charge in [-0.3, -0.25) is 4.67 Å². The maximum atomic E-state index is 15.2. The van der Waals surface area contributed by atoms with Crippen molar-refractivity contribution in [3.63, 3.8) is 0 Å². The predicted octanol–water partition coefficient (Wildman–Crippen LogP) is 15.0. The summed E-state index contributed by atoms with van der Waals surface area (Å²) in [5, 5.41) is 86.7. The molecule has 0 aliphatic carbocycles. The average molecular weight is 2250 g/mol. The minimum atomic E-state index is -3.46. The molecule has 0 bridgehead atoms. The first-order valence-electron chi connectivity index (χ1n) is 42.1. The second-order valence-corrected chi connectivity index (χ2v) is 45.0. The summed E-state index contributed by atoms with van der Waals surface area (Å²) in [5.74, 6) is 3.17. The third-order valence-corrected chi connectivity index (χ3v) is 33.4. The quantitative estimate of drug-likeness (QED) is 0.0464. The van der Waals surface area contributed by atoms with E-state index in [1.807, 2.05) is 210 Å². The summed E-state index contributed by atoms with van der Waals surface area (Å²) in [6.45, 7) is 3.12. The Morgan fingerprint density at radius 3 is 0.569 bits per heavy atom. The van der Waals surface area contributed by atoms with Crippen LogP contribution in [-0.4, -0.2) is 71.7 Å². The molecule has 15 aromatic carbocycles. The van der Waals surface area contributed by atoms with Crippen molar-refractivity contribution in [2.45, 2.75) is 13.8 Å². The Morgan fingerprint density at radius 2 is 0.410 bits per heavy atom. The number of benzene rings is 15. The van der Waals surface area contributed by atoms with Gasteiger partial charge in [0.2, 0.25) is 0 Å². The van der Waals surface area contributed by atoms with Gasteiger partial charge in [0.15, 0.2) is 77.2 Å². The topological polar surface area (TPSA) is 363 Å². The Kier molecular flexibility index (Phi) is 48.3. The number of nitriles is 9. The normalized spacial score (nSPS) is 9.96. The average Bonchev–Trinajstić information content (AvgIpc) is 0.758. The van der Waals surface area contributed by atoms with Crippen molar-refractivity contribution >= 4 is 183 Å². The summed E-state index contributed by atoms with van der Waals surface area (Å²) in [6, 6.07) is 129. The Morgan fingerprint density at radius 1 is 0.278 bits per heavy atom. The van der Waals surface area contributed by atoms with Crippen LogP contribution in [0.2, 0.25) is 0 Å². The fourth-order valence-electron chi connectivity index (χ4n) is 12.9. The molecule has 0 amide bonds. The predicted molar refractivity (Wildman–Crippen MR) is 577 cm³/mol. The van der Waals surface area contributed by atoms with Crippen LogP contribution in [-0.2, 0) is 18.3 Å². The van der Waals surface area contributed by atoms with Gasteiger partial charge in [0.1, 0.15) is 0 Å². The van der Waals surface area contributed by atoms with E-state index < -0.39 is 36.7 Å². The Bertz CT molecular complexity index is 7130. The maximum Gasteiger partial charge on any atom is 2.00 e. The van der Waals surface area contributed by atoms with E-state index in [1.165, 1.54) is 0 Å². The van der Waals surface area contributed by atoms with Crippen LogP contribution >= 0.6 is 107 Å². The van der Waals surface area contributed by atoms with Crippen LogP contribution < -0.4 is 96.7 Å². The largest absolute Gasteiger partial charge is 2.00 e. The van der Waals surface area contributed by atoms with Gasteiger partial charge in [0.05, 0.1) is 105 Å². The van der Waals surface area contributed by atoms with Crippen molar-refractivity contribution < 1.29 is 63.4 Å². The number of hydrogen-bond donors (Lipinski definition) is 0. The molecule has 144 heavy (non-hydrogen) atoms. The summed E-state index contributed by atoms with van der Waals surface area (Å²) in [4.78, 5) is 28.7. The summed E-state index contributed by atoms with van der Waals surface area (Å²) in [7, 11) is -6.59. The summed E-state index contributed by atoms with van der Waals surface area (Å²) < 4.78 is 59.7. The van der Waals surface area contributed by atoms with Crippen LogP contribution in [0.25, 0.3) is 68.3 Å². The molecule has 0 aliphatic heterocycles. The molecule has 0 unspecified atom stereocenters. The van der Waals surface area contributed by atoms with Gasteiger partial charge in [-0.15, -0.1) is 0 Å². The SMILES string of the molecule is Brc1ccc(-c2nc(-c3ccccc3)nc(-c3ccc(Br)cc3)n2)cc1.CN(C)P(Cl)Cl.C[CH-]C.N#Cc1ccc(Br)cc1.N#Cc1ccc(P(=O)(c2ccc(C#N)cc2)c2ccc(-c3nc(-c4ccccc4)nc(-c4ccc(P(=O)(c5ccc(C#N)cc5)c5ccc(C#N)cc5)cc4)n3)cc2)cc1.N#Cc1ccc([P+](=O)c2ccc(C#N)cc2)cc1.N#Cc1ccc([P+](=O)c2ccc(C#N)cc2)cc1.[Cl-].[Cl-].[H-].[Li+].[Mg+2]. The molecule has 0 aliphatic rings. The molecule has 0 fully saturated rings. The van der Waals surface area contributed by atoms with E-state index in [0.29, 0.717) is 149 Å².